The Balaban J connectivity index is 1.60. The molecule has 1 aromatic carbocycles. The summed E-state index contributed by atoms with van der Waals surface area (Å²) in [5, 5.41) is 3.38. The number of hydrogen-bond donors (Lipinski definition) is 1. The first kappa shape index (κ1) is 17.5. The number of hydrogen-bond acceptors (Lipinski definition) is 5. The quantitative estimate of drug-likeness (QED) is 0.779. The van der Waals surface area contributed by atoms with Gasteiger partial charge in [0, 0.05) is 50.2 Å². The molecule has 1 N–H and O–H groups in total. The van der Waals surface area contributed by atoms with Crippen molar-refractivity contribution in [1.82, 2.24) is 9.97 Å². The van der Waals surface area contributed by atoms with Gasteiger partial charge in [0.2, 0.25) is 5.95 Å². The lowest BCUT2D eigenvalue weighted by molar-refractivity contribution is 0.646. The van der Waals surface area contributed by atoms with Crippen LogP contribution in [0, 0.1) is 6.92 Å². The van der Waals surface area contributed by atoms with Crippen molar-refractivity contribution in [2.75, 3.05) is 47.8 Å². The molecule has 0 atom stereocenters. The largest absolute Gasteiger partial charge is 0.368 e. The van der Waals surface area contributed by atoms with Crippen LogP contribution < -0.4 is 15.1 Å². The third-order valence-corrected chi connectivity index (χ3v) is 4.63. The number of para-hydroxylation sites is 1. The summed E-state index contributed by atoms with van der Waals surface area (Å²) >= 11 is 0. The minimum Gasteiger partial charge on any atom is -0.368 e. The van der Waals surface area contributed by atoms with E-state index < -0.39 is 0 Å². The van der Waals surface area contributed by atoms with Crippen LogP contribution >= 0.6 is 0 Å². The molecular formula is C20H29N5. The second kappa shape index (κ2) is 8.70. The van der Waals surface area contributed by atoms with Gasteiger partial charge in [-0.2, -0.15) is 4.98 Å². The van der Waals surface area contributed by atoms with Crippen LogP contribution in [0.15, 0.2) is 36.4 Å². The van der Waals surface area contributed by atoms with Crippen molar-refractivity contribution in [3.63, 3.8) is 0 Å². The van der Waals surface area contributed by atoms with E-state index in [0.717, 1.165) is 50.2 Å². The van der Waals surface area contributed by atoms with E-state index in [0.29, 0.717) is 0 Å². The van der Waals surface area contributed by atoms with Crippen molar-refractivity contribution in [2.24, 2.45) is 0 Å². The first-order valence-electron chi connectivity index (χ1n) is 9.41. The predicted molar refractivity (Wildman–Crippen MR) is 106 cm³/mol. The Bertz CT molecular complexity index is 650. The molecule has 0 unspecified atom stereocenters. The van der Waals surface area contributed by atoms with Gasteiger partial charge in [-0.3, -0.25) is 0 Å². The van der Waals surface area contributed by atoms with Crippen LogP contribution in [0.2, 0.25) is 0 Å². The summed E-state index contributed by atoms with van der Waals surface area (Å²) in [4.78, 5) is 14.1. The van der Waals surface area contributed by atoms with Crippen LogP contribution in [0.1, 0.15) is 31.9 Å². The molecule has 2 heterocycles. The Morgan fingerprint density at radius 1 is 0.960 bits per heavy atom. The lowest BCUT2D eigenvalue weighted by Gasteiger charge is -2.36. The van der Waals surface area contributed by atoms with Crippen molar-refractivity contribution < 1.29 is 0 Å². The Hall–Kier alpha value is -2.30. The molecule has 2 aromatic rings. The molecule has 0 amide bonds. The van der Waals surface area contributed by atoms with Crippen molar-refractivity contribution in [2.45, 2.75) is 33.1 Å². The summed E-state index contributed by atoms with van der Waals surface area (Å²) in [6.45, 7) is 9.22. The third-order valence-electron chi connectivity index (χ3n) is 4.63. The molecule has 1 fully saturated rings. The maximum atomic E-state index is 4.74. The Kier molecular flexibility index (Phi) is 6.09. The average Bonchev–Trinajstić information content (AvgIpc) is 2.66. The molecule has 1 aromatic heterocycles. The number of aryl methyl sites for hydroxylation is 1. The number of aromatic nitrogens is 2. The third kappa shape index (κ3) is 4.84. The average molecular weight is 339 g/mol. The van der Waals surface area contributed by atoms with E-state index in [1.165, 1.54) is 24.9 Å². The van der Waals surface area contributed by atoms with Crippen molar-refractivity contribution in [3.05, 3.63) is 42.1 Å². The monoisotopic (exact) mass is 339 g/mol. The van der Waals surface area contributed by atoms with Gasteiger partial charge in [0.05, 0.1) is 0 Å². The molecule has 5 nitrogen and oxygen atoms in total. The van der Waals surface area contributed by atoms with Gasteiger partial charge < -0.3 is 15.1 Å². The van der Waals surface area contributed by atoms with E-state index in [1.807, 2.05) is 6.92 Å². The van der Waals surface area contributed by atoms with E-state index in [1.54, 1.807) is 0 Å². The molecule has 0 aliphatic carbocycles. The molecule has 5 heteroatoms. The summed E-state index contributed by atoms with van der Waals surface area (Å²) in [6.07, 6.45) is 3.64. The van der Waals surface area contributed by atoms with Gasteiger partial charge in [-0.25, -0.2) is 4.98 Å². The number of benzene rings is 1. The molecule has 0 spiro atoms. The fraction of sp³-hybridized carbons (Fsp3) is 0.500. The zero-order valence-electron chi connectivity index (χ0n) is 15.4. The Morgan fingerprint density at radius 2 is 1.68 bits per heavy atom. The summed E-state index contributed by atoms with van der Waals surface area (Å²) in [6, 6.07) is 12.7. The molecule has 134 valence electrons. The highest BCUT2D eigenvalue weighted by Crippen LogP contribution is 2.20. The van der Waals surface area contributed by atoms with Crippen molar-refractivity contribution in [1.29, 1.82) is 0 Å². The van der Waals surface area contributed by atoms with E-state index >= 15 is 0 Å². The van der Waals surface area contributed by atoms with Crippen LogP contribution in [0.5, 0.6) is 0 Å². The minimum atomic E-state index is 0.761. The molecule has 1 aliphatic heterocycles. The SMILES string of the molecule is CCCCCNc1nc(C)cc(N2CCN(c3ccccc3)CC2)n1. The number of rotatable bonds is 7. The van der Waals surface area contributed by atoms with Crippen LogP contribution in [0.3, 0.4) is 0 Å². The summed E-state index contributed by atoms with van der Waals surface area (Å²) in [7, 11) is 0. The number of unbranched alkanes of at least 4 members (excludes halogenated alkanes) is 2. The van der Waals surface area contributed by atoms with E-state index in [9.17, 15) is 0 Å². The fourth-order valence-corrected chi connectivity index (χ4v) is 3.20. The highest BCUT2D eigenvalue weighted by molar-refractivity contribution is 5.50. The summed E-state index contributed by atoms with van der Waals surface area (Å²) in [5.74, 6) is 1.80. The van der Waals surface area contributed by atoms with Crippen LogP contribution in [0.4, 0.5) is 17.5 Å². The van der Waals surface area contributed by atoms with E-state index in [-0.39, 0.29) is 0 Å². The zero-order valence-corrected chi connectivity index (χ0v) is 15.4. The minimum absolute atomic E-state index is 0.761. The van der Waals surface area contributed by atoms with E-state index in [4.69, 9.17) is 4.98 Å². The number of piperazine rings is 1. The molecular weight excluding hydrogens is 310 g/mol. The van der Waals surface area contributed by atoms with Gasteiger partial charge in [0.1, 0.15) is 5.82 Å². The highest BCUT2D eigenvalue weighted by atomic mass is 15.3. The number of anilines is 3. The number of nitrogens with one attached hydrogen (secondary N) is 1. The van der Waals surface area contributed by atoms with Crippen LogP contribution in [0.25, 0.3) is 0 Å². The molecule has 1 saturated heterocycles. The van der Waals surface area contributed by atoms with Crippen LogP contribution in [-0.2, 0) is 0 Å². The van der Waals surface area contributed by atoms with Gasteiger partial charge in [0.25, 0.3) is 0 Å². The maximum Gasteiger partial charge on any atom is 0.224 e. The first-order valence-corrected chi connectivity index (χ1v) is 9.41. The van der Waals surface area contributed by atoms with E-state index in [2.05, 4.69) is 63.4 Å². The molecule has 3 rings (SSSR count). The molecule has 0 saturated carbocycles. The van der Waals surface area contributed by atoms with Gasteiger partial charge in [-0.05, 0) is 25.5 Å². The van der Waals surface area contributed by atoms with Gasteiger partial charge in [0.15, 0.2) is 0 Å². The summed E-state index contributed by atoms with van der Waals surface area (Å²) < 4.78 is 0. The lowest BCUT2D eigenvalue weighted by atomic mass is 10.2. The smallest absolute Gasteiger partial charge is 0.224 e. The second-order valence-corrected chi connectivity index (χ2v) is 6.63. The lowest BCUT2D eigenvalue weighted by Crippen LogP contribution is -2.46. The van der Waals surface area contributed by atoms with Crippen LogP contribution in [-0.4, -0.2) is 42.7 Å². The molecule has 1 aliphatic rings. The Morgan fingerprint density at radius 3 is 2.40 bits per heavy atom. The highest BCUT2D eigenvalue weighted by Gasteiger charge is 2.19. The zero-order chi connectivity index (χ0) is 17.5. The van der Waals surface area contributed by atoms with Crippen molar-refractivity contribution >= 4 is 17.5 Å². The topological polar surface area (TPSA) is 44.3 Å². The fourth-order valence-electron chi connectivity index (χ4n) is 3.20. The Labute approximate surface area is 151 Å². The predicted octanol–water partition coefficient (Wildman–Crippen LogP) is 3.71. The molecule has 25 heavy (non-hydrogen) atoms. The maximum absolute atomic E-state index is 4.74. The molecule has 0 bridgehead atoms. The standard InChI is InChI=1S/C20H29N5/c1-3-4-8-11-21-20-22-17(2)16-19(23-20)25-14-12-24(13-15-25)18-9-6-5-7-10-18/h5-7,9-10,16H,3-4,8,11-15H2,1-2H3,(H,21,22,23). The first-order chi connectivity index (χ1) is 12.3. The normalized spacial score (nSPS) is 14.6. The second-order valence-electron chi connectivity index (χ2n) is 6.63. The summed E-state index contributed by atoms with van der Waals surface area (Å²) in [5.41, 5.74) is 2.33. The van der Waals surface area contributed by atoms with Crippen molar-refractivity contribution in [3.8, 4) is 0 Å². The molecule has 0 radical (unpaired) electrons. The van der Waals surface area contributed by atoms with Gasteiger partial charge >= 0.3 is 0 Å². The van der Waals surface area contributed by atoms with Gasteiger partial charge in [-0.15, -0.1) is 0 Å². The number of nitrogens with zero attached hydrogens (tertiary/aromatic N) is 4. The van der Waals surface area contributed by atoms with Gasteiger partial charge in [-0.1, -0.05) is 38.0 Å².